The summed E-state index contributed by atoms with van der Waals surface area (Å²) >= 11 is 0. The number of carboxylic acids is 1. The molecular weight excluding hydrogens is 348 g/mol. The normalized spacial score (nSPS) is 16.0. The maximum absolute atomic E-state index is 12.3. The Morgan fingerprint density at radius 3 is 2.37 bits per heavy atom. The number of piperidine rings is 1. The molecule has 0 unspecified atom stereocenters. The number of likely N-dealkylation sites (tertiary alicyclic amines) is 1. The van der Waals surface area contributed by atoms with Crippen LogP contribution < -0.4 is 10.1 Å². The first kappa shape index (κ1) is 20.7. The van der Waals surface area contributed by atoms with Crippen molar-refractivity contribution < 1.29 is 24.2 Å². The SMILES string of the molecule is CC(C)[C@@H](NC(=O)C1CCN(C(=O)CCOc2ccccc2)CC1)C(=O)O. The van der Waals surface area contributed by atoms with Crippen molar-refractivity contribution in [3.05, 3.63) is 30.3 Å². The van der Waals surface area contributed by atoms with Gasteiger partial charge < -0.3 is 20.1 Å². The van der Waals surface area contributed by atoms with Crippen LogP contribution in [0.25, 0.3) is 0 Å². The van der Waals surface area contributed by atoms with Crippen LogP contribution in [-0.2, 0) is 14.4 Å². The standard InChI is InChI=1S/C20H28N2O5/c1-14(2)18(20(25)26)21-19(24)15-8-11-22(12-9-15)17(23)10-13-27-16-6-4-3-5-7-16/h3-7,14-15,18H,8-13H2,1-2H3,(H,21,24)(H,25,26)/t18-/m1/s1. The van der Waals surface area contributed by atoms with Crippen LogP contribution in [0.1, 0.15) is 33.1 Å². The lowest BCUT2D eigenvalue weighted by Gasteiger charge is -2.32. The van der Waals surface area contributed by atoms with Gasteiger partial charge in [0.1, 0.15) is 11.8 Å². The molecule has 1 heterocycles. The number of benzene rings is 1. The second-order valence-electron chi connectivity index (χ2n) is 7.14. The van der Waals surface area contributed by atoms with Crippen LogP contribution in [0.5, 0.6) is 5.75 Å². The van der Waals surface area contributed by atoms with E-state index in [4.69, 9.17) is 4.74 Å². The summed E-state index contributed by atoms with van der Waals surface area (Å²) in [6.07, 6.45) is 1.38. The second kappa shape index (κ2) is 9.94. The zero-order chi connectivity index (χ0) is 19.8. The minimum Gasteiger partial charge on any atom is -0.493 e. The van der Waals surface area contributed by atoms with E-state index in [1.54, 1.807) is 18.7 Å². The van der Waals surface area contributed by atoms with Gasteiger partial charge in [-0.1, -0.05) is 32.0 Å². The number of nitrogens with zero attached hydrogens (tertiary/aromatic N) is 1. The van der Waals surface area contributed by atoms with Gasteiger partial charge in [0.05, 0.1) is 13.0 Å². The van der Waals surface area contributed by atoms with Crippen molar-refractivity contribution in [2.24, 2.45) is 11.8 Å². The highest BCUT2D eigenvalue weighted by atomic mass is 16.5. The lowest BCUT2D eigenvalue weighted by Crippen LogP contribution is -2.49. The molecule has 2 amide bonds. The largest absolute Gasteiger partial charge is 0.493 e. The number of aliphatic carboxylic acids is 1. The monoisotopic (exact) mass is 376 g/mol. The average molecular weight is 376 g/mol. The van der Waals surface area contributed by atoms with Crippen LogP contribution >= 0.6 is 0 Å². The molecule has 0 spiro atoms. The maximum atomic E-state index is 12.3. The highest BCUT2D eigenvalue weighted by Gasteiger charge is 2.31. The average Bonchev–Trinajstić information content (AvgIpc) is 2.66. The molecule has 1 saturated heterocycles. The Morgan fingerprint density at radius 2 is 1.81 bits per heavy atom. The molecule has 0 radical (unpaired) electrons. The molecule has 1 aromatic rings. The van der Waals surface area contributed by atoms with Crippen LogP contribution in [0, 0.1) is 11.8 Å². The smallest absolute Gasteiger partial charge is 0.326 e. The van der Waals surface area contributed by atoms with E-state index < -0.39 is 12.0 Å². The van der Waals surface area contributed by atoms with Crippen molar-refractivity contribution in [3.8, 4) is 5.75 Å². The molecule has 2 rings (SSSR count). The summed E-state index contributed by atoms with van der Waals surface area (Å²) < 4.78 is 5.55. The van der Waals surface area contributed by atoms with Crippen LogP contribution in [-0.4, -0.2) is 53.5 Å². The number of ether oxygens (including phenoxy) is 1. The van der Waals surface area contributed by atoms with Gasteiger partial charge in [0, 0.05) is 19.0 Å². The van der Waals surface area contributed by atoms with E-state index >= 15 is 0 Å². The van der Waals surface area contributed by atoms with E-state index in [-0.39, 0.29) is 23.7 Å². The number of carbonyl (C=O) groups excluding carboxylic acids is 2. The summed E-state index contributed by atoms with van der Waals surface area (Å²) in [5.41, 5.74) is 0. The number of carbonyl (C=O) groups is 3. The van der Waals surface area contributed by atoms with Crippen molar-refractivity contribution in [1.82, 2.24) is 10.2 Å². The van der Waals surface area contributed by atoms with Gasteiger partial charge in [0.25, 0.3) is 0 Å². The van der Waals surface area contributed by atoms with Gasteiger partial charge >= 0.3 is 5.97 Å². The Kier molecular flexibility index (Phi) is 7.64. The van der Waals surface area contributed by atoms with Gasteiger partial charge in [-0.2, -0.15) is 0 Å². The van der Waals surface area contributed by atoms with Gasteiger partial charge in [-0.15, -0.1) is 0 Å². The third-order valence-electron chi connectivity index (χ3n) is 4.78. The first-order valence-electron chi connectivity index (χ1n) is 9.37. The third kappa shape index (κ3) is 6.27. The van der Waals surface area contributed by atoms with Gasteiger partial charge in [-0.25, -0.2) is 4.79 Å². The van der Waals surface area contributed by atoms with E-state index in [9.17, 15) is 19.5 Å². The lowest BCUT2D eigenvalue weighted by molar-refractivity contribution is -0.144. The molecule has 7 nitrogen and oxygen atoms in total. The van der Waals surface area contributed by atoms with Crippen molar-refractivity contribution in [1.29, 1.82) is 0 Å². The lowest BCUT2D eigenvalue weighted by atomic mass is 9.94. The highest BCUT2D eigenvalue weighted by molar-refractivity contribution is 5.85. The summed E-state index contributed by atoms with van der Waals surface area (Å²) in [6.45, 7) is 4.84. The molecule has 0 aromatic heterocycles. The van der Waals surface area contributed by atoms with Crippen molar-refractivity contribution in [2.75, 3.05) is 19.7 Å². The molecule has 1 aliphatic heterocycles. The molecule has 1 atom stereocenters. The Labute approximate surface area is 159 Å². The summed E-state index contributed by atoms with van der Waals surface area (Å²) in [5, 5.41) is 11.8. The predicted molar refractivity (Wildman–Crippen MR) is 100 cm³/mol. The maximum Gasteiger partial charge on any atom is 0.326 e. The zero-order valence-electron chi connectivity index (χ0n) is 15.9. The van der Waals surface area contributed by atoms with Crippen molar-refractivity contribution in [2.45, 2.75) is 39.2 Å². The Bertz CT molecular complexity index is 639. The number of amides is 2. The number of para-hydroxylation sites is 1. The van der Waals surface area contributed by atoms with E-state index in [1.165, 1.54) is 0 Å². The summed E-state index contributed by atoms with van der Waals surface area (Å²) in [6, 6.07) is 8.46. The molecule has 1 aliphatic rings. The highest BCUT2D eigenvalue weighted by Crippen LogP contribution is 2.19. The number of rotatable bonds is 8. The van der Waals surface area contributed by atoms with Crippen LogP contribution in [0.15, 0.2) is 30.3 Å². The fourth-order valence-corrected chi connectivity index (χ4v) is 3.11. The molecule has 7 heteroatoms. The minimum atomic E-state index is -1.02. The third-order valence-corrected chi connectivity index (χ3v) is 4.78. The molecular formula is C20H28N2O5. The summed E-state index contributed by atoms with van der Waals surface area (Å²) in [5.74, 6) is -0.956. The van der Waals surface area contributed by atoms with Crippen LogP contribution in [0.2, 0.25) is 0 Å². The minimum absolute atomic E-state index is 0.00961. The second-order valence-corrected chi connectivity index (χ2v) is 7.14. The molecule has 2 N–H and O–H groups in total. The number of hydrogen-bond acceptors (Lipinski definition) is 4. The van der Waals surface area contributed by atoms with Gasteiger partial charge in [0.2, 0.25) is 11.8 Å². The van der Waals surface area contributed by atoms with Gasteiger partial charge in [-0.05, 0) is 30.9 Å². The Morgan fingerprint density at radius 1 is 1.19 bits per heavy atom. The van der Waals surface area contributed by atoms with E-state index in [0.29, 0.717) is 39.0 Å². The molecule has 0 bridgehead atoms. The summed E-state index contributed by atoms with van der Waals surface area (Å²) in [7, 11) is 0. The molecule has 0 aliphatic carbocycles. The molecule has 1 aromatic carbocycles. The molecule has 0 saturated carbocycles. The first-order valence-corrected chi connectivity index (χ1v) is 9.37. The van der Waals surface area contributed by atoms with E-state index in [2.05, 4.69) is 5.32 Å². The van der Waals surface area contributed by atoms with Crippen molar-refractivity contribution in [3.63, 3.8) is 0 Å². The quantitative estimate of drug-likeness (QED) is 0.723. The van der Waals surface area contributed by atoms with Gasteiger partial charge in [-0.3, -0.25) is 9.59 Å². The summed E-state index contributed by atoms with van der Waals surface area (Å²) in [4.78, 5) is 37.6. The van der Waals surface area contributed by atoms with Crippen molar-refractivity contribution >= 4 is 17.8 Å². The number of nitrogens with one attached hydrogen (secondary N) is 1. The number of carboxylic acid groups (broad SMARTS) is 1. The first-order chi connectivity index (χ1) is 12.9. The Balaban J connectivity index is 1.73. The van der Waals surface area contributed by atoms with Crippen LogP contribution in [0.4, 0.5) is 0 Å². The molecule has 148 valence electrons. The van der Waals surface area contributed by atoms with Gasteiger partial charge in [0.15, 0.2) is 0 Å². The zero-order valence-corrected chi connectivity index (χ0v) is 15.9. The van der Waals surface area contributed by atoms with E-state index in [1.807, 2.05) is 30.3 Å². The van der Waals surface area contributed by atoms with E-state index in [0.717, 1.165) is 5.75 Å². The van der Waals surface area contributed by atoms with Crippen LogP contribution in [0.3, 0.4) is 0 Å². The Hall–Kier alpha value is -2.57. The fraction of sp³-hybridized carbons (Fsp3) is 0.550. The topological polar surface area (TPSA) is 95.9 Å². The molecule has 1 fully saturated rings. The molecule has 27 heavy (non-hydrogen) atoms. The predicted octanol–water partition coefficient (Wildman–Crippen LogP) is 1.92. The number of hydrogen-bond donors (Lipinski definition) is 2. The fourth-order valence-electron chi connectivity index (χ4n) is 3.11.